The van der Waals surface area contributed by atoms with Gasteiger partial charge in [-0.3, -0.25) is 0 Å². The Morgan fingerprint density at radius 2 is 2.10 bits per heavy atom. The average molecular weight is 266 g/mol. The van der Waals surface area contributed by atoms with Crippen LogP contribution in [0.5, 0.6) is 0 Å². The number of rotatable bonds is 1. The fraction of sp³-hybridized carbons (Fsp3) is 0.286. The Bertz CT molecular complexity index is 235. The molecule has 1 aromatic rings. The number of halogens is 2. The Morgan fingerprint density at radius 3 is 2.60 bits per heavy atom. The fourth-order valence-corrected chi connectivity index (χ4v) is 1.60. The van der Waals surface area contributed by atoms with Gasteiger partial charge in [0.1, 0.15) is 6.54 Å². The predicted molar refractivity (Wildman–Crippen MR) is 47.7 cm³/mol. The van der Waals surface area contributed by atoms with Crippen molar-refractivity contribution in [2.75, 3.05) is 0 Å². The summed E-state index contributed by atoms with van der Waals surface area (Å²) in [5.41, 5.74) is 0. The molecule has 0 radical (unpaired) electrons. The van der Waals surface area contributed by atoms with E-state index >= 15 is 0 Å². The number of pyridine rings is 1. The number of hydrogen-bond acceptors (Lipinski definition) is 0. The number of hydrogen-bond donors (Lipinski definition) is 0. The van der Waals surface area contributed by atoms with Gasteiger partial charge in [0.2, 0.25) is 4.60 Å². The lowest BCUT2D eigenvalue weighted by Crippen LogP contribution is -2.33. The van der Waals surface area contributed by atoms with Crippen LogP contribution in [0.3, 0.4) is 0 Å². The van der Waals surface area contributed by atoms with Crippen LogP contribution in [0.1, 0.15) is 6.92 Å². The molecule has 0 atom stereocenters. The summed E-state index contributed by atoms with van der Waals surface area (Å²) in [7, 11) is 0. The highest BCUT2D eigenvalue weighted by Gasteiger charge is 2.03. The van der Waals surface area contributed by atoms with E-state index in [1.165, 1.54) is 0 Å². The van der Waals surface area contributed by atoms with Gasteiger partial charge in [0, 0.05) is 22.0 Å². The zero-order chi connectivity index (χ0) is 7.56. The Hall–Kier alpha value is 0.110. The molecule has 0 aliphatic carbocycles. The van der Waals surface area contributed by atoms with Gasteiger partial charge < -0.3 is 0 Å². The standard InChI is InChI=1S/C7H8Br2N/c1-2-10-5-6(8)3-4-7(10)9/h3-5H,2H2,1H3/q+1. The molecule has 1 rings (SSSR count). The van der Waals surface area contributed by atoms with Crippen molar-refractivity contribution in [3.63, 3.8) is 0 Å². The molecule has 0 spiro atoms. The second-order valence-electron chi connectivity index (χ2n) is 1.96. The van der Waals surface area contributed by atoms with E-state index in [-0.39, 0.29) is 0 Å². The first kappa shape index (κ1) is 8.21. The summed E-state index contributed by atoms with van der Waals surface area (Å²) < 4.78 is 4.33. The molecule has 1 nitrogen and oxygen atoms in total. The molecular weight excluding hydrogens is 258 g/mol. The zero-order valence-corrected chi connectivity index (χ0v) is 8.81. The van der Waals surface area contributed by atoms with Crippen molar-refractivity contribution in [2.24, 2.45) is 0 Å². The number of nitrogens with zero attached hydrogens (tertiary/aromatic N) is 1. The van der Waals surface area contributed by atoms with E-state index < -0.39 is 0 Å². The van der Waals surface area contributed by atoms with E-state index in [1.54, 1.807) is 0 Å². The Labute approximate surface area is 77.3 Å². The summed E-state index contributed by atoms with van der Waals surface area (Å²) in [5.74, 6) is 0. The summed E-state index contributed by atoms with van der Waals surface area (Å²) in [6.45, 7) is 3.09. The molecule has 0 aliphatic heterocycles. The number of aromatic nitrogens is 1. The van der Waals surface area contributed by atoms with E-state index in [0.717, 1.165) is 15.6 Å². The molecule has 3 heteroatoms. The van der Waals surface area contributed by atoms with Gasteiger partial charge in [0.05, 0.1) is 4.47 Å². The Kier molecular flexibility index (Phi) is 2.86. The minimum absolute atomic E-state index is 0.986. The van der Waals surface area contributed by atoms with Gasteiger partial charge in [0.25, 0.3) is 0 Å². The monoisotopic (exact) mass is 264 g/mol. The fourth-order valence-electron chi connectivity index (χ4n) is 0.740. The van der Waals surface area contributed by atoms with Gasteiger partial charge in [0.15, 0.2) is 6.20 Å². The highest BCUT2D eigenvalue weighted by molar-refractivity contribution is 9.10. The van der Waals surface area contributed by atoms with Crippen molar-refractivity contribution in [1.82, 2.24) is 0 Å². The molecule has 10 heavy (non-hydrogen) atoms. The lowest BCUT2D eigenvalue weighted by Gasteiger charge is -1.93. The summed E-state index contributed by atoms with van der Waals surface area (Å²) in [6.07, 6.45) is 2.05. The van der Waals surface area contributed by atoms with Gasteiger partial charge >= 0.3 is 0 Å². The minimum Gasteiger partial charge on any atom is -0.192 e. The first-order valence-corrected chi connectivity index (χ1v) is 4.67. The second kappa shape index (κ2) is 3.49. The Morgan fingerprint density at radius 1 is 1.40 bits per heavy atom. The predicted octanol–water partition coefficient (Wildman–Crippen LogP) is 2.52. The van der Waals surface area contributed by atoms with Crippen LogP contribution in [0, 0.1) is 0 Å². The van der Waals surface area contributed by atoms with Crippen LogP contribution in [-0.4, -0.2) is 0 Å². The molecule has 1 aromatic heterocycles. The van der Waals surface area contributed by atoms with Crippen molar-refractivity contribution < 1.29 is 4.57 Å². The highest BCUT2D eigenvalue weighted by atomic mass is 79.9. The minimum atomic E-state index is 0.986. The van der Waals surface area contributed by atoms with Crippen molar-refractivity contribution in [3.05, 3.63) is 27.4 Å². The largest absolute Gasteiger partial charge is 0.247 e. The second-order valence-corrected chi connectivity index (χ2v) is 3.68. The van der Waals surface area contributed by atoms with Crippen LogP contribution in [0.2, 0.25) is 0 Å². The van der Waals surface area contributed by atoms with E-state index in [4.69, 9.17) is 0 Å². The maximum Gasteiger partial charge on any atom is 0.247 e. The quantitative estimate of drug-likeness (QED) is 0.543. The van der Waals surface area contributed by atoms with Crippen LogP contribution >= 0.6 is 31.9 Å². The molecule has 54 valence electrons. The van der Waals surface area contributed by atoms with Crippen molar-refractivity contribution in [2.45, 2.75) is 13.5 Å². The molecule has 0 saturated carbocycles. The third-order valence-electron chi connectivity index (χ3n) is 1.27. The maximum absolute atomic E-state index is 3.43. The van der Waals surface area contributed by atoms with E-state index in [0.29, 0.717) is 0 Å². The molecule has 0 saturated heterocycles. The van der Waals surface area contributed by atoms with Crippen LogP contribution in [-0.2, 0) is 6.54 Å². The molecule has 0 aromatic carbocycles. The SMILES string of the molecule is CC[n+]1cc(Br)ccc1Br. The van der Waals surface area contributed by atoms with E-state index in [2.05, 4.69) is 43.4 Å². The smallest absolute Gasteiger partial charge is 0.192 e. The molecule has 0 fully saturated rings. The van der Waals surface area contributed by atoms with Gasteiger partial charge in [-0.1, -0.05) is 0 Å². The van der Waals surface area contributed by atoms with Crippen LogP contribution in [0.4, 0.5) is 0 Å². The molecule has 0 amide bonds. The van der Waals surface area contributed by atoms with Gasteiger partial charge in [-0.25, -0.2) is 0 Å². The first-order valence-electron chi connectivity index (χ1n) is 3.08. The molecule has 0 N–H and O–H groups in total. The zero-order valence-electron chi connectivity index (χ0n) is 5.64. The lowest BCUT2D eigenvalue weighted by molar-refractivity contribution is -0.704. The third-order valence-corrected chi connectivity index (χ3v) is 2.46. The number of aryl methyl sites for hydroxylation is 1. The molecule has 0 aliphatic rings. The summed E-state index contributed by atoms with van der Waals surface area (Å²) >= 11 is 6.83. The third kappa shape index (κ3) is 1.80. The normalized spacial score (nSPS) is 9.90. The van der Waals surface area contributed by atoms with Crippen LogP contribution in [0.25, 0.3) is 0 Å². The van der Waals surface area contributed by atoms with E-state index in [9.17, 15) is 0 Å². The van der Waals surface area contributed by atoms with Gasteiger partial charge in [-0.2, -0.15) is 4.57 Å². The summed E-state index contributed by atoms with van der Waals surface area (Å²) in [5, 5.41) is 0. The molecular formula is C7H8Br2N+. The van der Waals surface area contributed by atoms with Gasteiger partial charge in [-0.05, 0) is 28.9 Å². The maximum atomic E-state index is 3.43. The highest BCUT2D eigenvalue weighted by Crippen LogP contribution is 2.09. The molecule has 1 heterocycles. The molecule has 0 bridgehead atoms. The first-order chi connectivity index (χ1) is 4.74. The van der Waals surface area contributed by atoms with E-state index in [1.807, 2.05) is 18.3 Å². The topological polar surface area (TPSA) is 3.88 Å². The molecule has 0 unspecified atom stereocenters. The van der Waals surface area contributed by atoms with Crippen molar-refractivity contribution in [1.29, 1.82) is 0 Å². The summed E-state index contributed by atoms with van der Waals surface area (Å²) in [4.78, 5) is 0. The Balaban J connectivity index is 3.09. The average Bonchev–Trinajstić information content (AvgIpc) is 1.94. The lowest BCUT2D eigenvalue weighted by atomic mass is 10.5. The van der Waals surface area contributed by atoms with Crippen molar-refractivity contribution >= 4 is 31.9 Å². The summed E-state index contributed by atoms with van der Waals surface area (Å²) in [6, 6.07) is 4.03. The van der Waals surface area contributed by atoms with Crippen LogP contribution in [0.15, 0.2) is 27.4 Å². The van der Waals surface area contributed by atoms with Gasteiger partial charge in [-0.15, -0.1) is 0 Å². The van der Waals surface area contributed by atoms with Crippen molar-refractivity contribution in [3.8, 4) is 0 Å². The van der Waals surface area contributed by atoms with Crippen LogP contribution < -0.4 is 4.57 Å².